The number of hydrogen-bond acceptors (Lipinski definition) is 5. The van der Waals surface area contributed by atoms with E-state index in [1.807, 2.05) is 6.92 Å². The monoisotopic (exact) mass is 312 g/mol. The van der Waals surface area contributed by atoms with Crippen LogP contribution in [0, 0.1) is 5.82 Å². The fourth-order valence-corrected chi connectivity index (χ4v) is 2.44. The molecule has 0 aliphatic rings. The van der Waals surface area contributed by atoms with E-state index >= 15 is 0 Å². The minimum Gasteiger partial charge on any atom is -0.495 e. The van der Waals surface area contributed by atoms with Gasteiger partial charge in [-0.25, -0.2) is 14.4 Å². The Morgan fingerprint density at radius 3 is 2.78 bits per heavy atom. The lowest BCUT2D eigenvalue weighted by molar-refractivity contribution is 0.417. The standard InChI is InChI=1S/C17H17FN4O/c1-3-10-6-11(4-5-13(10)18)22-17-12-7-14(19)16(23-2)8-15(12)20-9-21-17/h4-9H,3,19H2,1-2H3,(H,20,21,22). The number of aryl methyl sites for hydroxylation is 1. The van der Waals surface area contributed by atoms with Gasteiger partial charge in [0.05, 0.1) is 18.3 Å². The molecule has 3 N–H and O–H groups in total. The van der Waals surface area contributed by atoms with Crippen LogP contribution in [0.5, 0.6) is 5.75 Å². The lowest BCUT2D eigenvalue weighted by Crippen LogP contribution is -1.99. The Morgan fingerprint density at radius 2 is 2.04 bits per heavy atom. The molecule has 1 heterocycles. The van der Waals surface area contributed by atoms with Crippen molar-refractivity contribution in [3.8, 4) is 5.75 Å². The highest BCUT2D eigenvalue weighted by Gasteiger charge is 2.09. The molecule has 0 fully saturated rings. The van der Waals surface area contributed by atoms with E-state index in [0.717, 1.165) is 11.1 Å². The number of ether oxygens (including phenoxy) is 1. The van der Waals surface area contributed by atoms with Gasteiger partial charge in [-0.3, -0.25) is 0 Å². The van der Waals surface area contributed by atoms with Crippen LogP contribution in [-0.2, 0) is 6.42 Å². The van der Waals surface area contributed by atoms with Crippen molar-refractivity contribution in [2.45, 2.75) is 13.3 Å². The number of nitrogens with one attached hydrogen (secondary N) is 1. The molecule has 0 aliphatic heterocycles. The Bertz CT molecular complexity index is 867. The Balaban J connectivity index is 2.05. The van der Waals surface area contributed by atoms with Gasteiger partial charge in [0.2, 0.25) is 0 Å². The number of fused-ring (bicyclic) bond motifs is 1. The van der Waals surface area contributed by atoms with Crippen molar-refractivity contribution in [2.75, 3.05) is 18.2 Å². The molecule has 0 aliphatic carbocycles. The molecule has 2 aromatic carbocycles. The number of aromatic nitrogens is 2. The van der Waals surface area contributed by atoms with Crippen LogP contribution >= 0.6 is 0 Å². The Kier molecular flexibility index (Phi) is 3.97. The zero-order chi connectivity index (χ0) is 16.4. The second-order valence-corrected chi connectivity index (χ2v) is 5.12. The summed E-state index contributed by atoms with van der Waals surface area (Å²) in [5.41, 5.74) is 8.60. The summed E-state index contributed by atoms with van der Waals surface area (Å²) in [6, 6.07) is 8.42. The molecule has 0 saturated heterocycles. The van der Waals surface area contributed by atoms with Gasteiger partial charge >= 0.3 is 0 Å². The summed E-state index contributed by atoms with van der Waals surface area (Å²) in [5, 5.41) is 3.97. The first-order chi connectivity index (χ1) is 11.1. The van der Waals surface area contributed by atoms with E-state index in [0.29, 0.717) is 34.8 Å². The van der Waals surface area contributed by atoms with E-state index in [9.17, 15) is 4.39 Å². The lowest BCUT2D eigenvalue weighted by atomic mass is 10.1. The SMILES string of the molecule is CCc1cc(Nc2ncnc3cc(OC)c(N)cc23)ccc1F. The molecule has 23 heavy (non-hydrogen) atoms. The van der Waals surface area contributed by atoms with Crippen molar-refractivity contribution >= 4 is 28.1 Å². The molecule has 0 radical (unpaired) electrons. The minimum absolute atomic E-state index is 0.209. The zero-order valence-corrected chi connectivity index (χ0v) is 12.9. The second kappa shape index (κ2) is 6.08. The smallest absolute Gasteiger partial charge is 0.143 e. The summed E-state index contributed by atoms with van der Waals surface area (Å²) >= 11 is 0. The van der Waals surface area contributed by atoms with Gasteiger partial charge in [-0.2, -0.15) is 0 Å². The van der Waals surface area contributed by atoms with E-state index in [4.69, 9.17) is 10.5 Å². The molecular weight excluding hydrogens is 295 g/mol. The average molecular weight is 312 g/mol. The fourth-order valence-electron chi connectivity index (χ4n) is 2.44. The summed E-state index contributed by atoms with van der Waals surface area (Å²) in [5.74, 6) is 0.967. The largest absolute Gasteiger partial charge is 0.495 e. The van der Waals surface area contributed by atoms with Gasteiger partial charge in [-0.15, -0.1) is 0 Å². The van der Waals surface area contributed by atoms with Crippen LogP contribution in [0.1, 0.15) is 12.5 Å². The van der Waals surface area contributed by atoms with Gasteiger partial charge in [0.1, 0.15) is 23.7 Å². The maximum absolute atomic E-state index is 13.6. The van der Waals surface area contributed by atoms with Crippen LogP contribution in [0.15, 0.2) is 36.7 Å². The highest BCUT2D eigenvalue weighted by molar-refractivity contribution is 5.94. The van der Waals surface area contributed by atoms with E-state index in [-0.39, 0.29) is 5.82 Å². The van der Waals surface area contributed by atoms with Gasteiger partial charge in [-0.05, 0) is 36.2 Å². The summed E-state index contributed by atoms with van der Waals surface area (Å²) < 4.78 is 18.8. The molecule has 0 atom stereocenters. The van der Waals surface area contributed by atoms with Gasteiger partial charge in [0.15, 0.2) is 0 Å². The van der Waals surface area contributed by atoms with Crippen molar-refractivity contribution in [2.24, 2.45) is 0 Å². The molecule has 118 valence electrons. The van der Waals surface area contributed by atoms with Crippen molar-refractivity contribution in [3.63, 3.8) is 0 Å². The molecule has 3 aromatic rings. The third kappa shape index (κ3) is 2.88. The van der Waals surface area contributed by atoms with Crippen LogP contribution in [-0.4, -0.2) is 17.1 Å². The van der Waals surface area contributed by atoms with E-state index in [1.165, 1.54) is 12.4 Å². The molecule has 0 saturated carbocycles. The summed E-state index contributed by atoms with van der Waals surface area (Å²) in [7, 11) is 1.56. The van der Waals surface area contributed by atoms with E-state index < -0.39 is 0 Å². The average Bonchev–Trinajstić information content (AvgIpc) is 2.56. The summed E-state index contributed by atoms with van der Waals surface area (Å²) in [4.78, 5) is 8.50. The topological polar surface area (TPSA) is 73.1 Å². The normalized spacial score (nSPS) is 10.7. The molecule has 0 bridgehead atoms. The van der Waals surface area contributed by atoms with Crippen molar-refractivity contribution in [3.05, 3.63) is 48.0 Å². The Morgan fingerprint density at radius 1 is 1.22 bits per heavy atom. The number of hydrogen-bond donors (Lipinski definition) is 2. The number of rotatable bonds is 4. The Labute approximate surface area is 133 Å². The molecule has 0 spiro atoms. The van der Waals surface area contributed by atoms with E-state index in [2.05, 4.69) is 15.3 Å². The van der Waals surface area contributed by atoms with Crippen LogP contribution in [0.25, 0.3) is 10.9 Å². The first-order valence-corrected chi connectivity index (χ1v) is 7.26. The summed E-state index contributed by atoms with van der Waals surface area (Å²) in [6.45, 7) is 1.91. The molecule has 0 amide bonds. The highest BCUT2D eigenvalue weighted by atomic mass is 19.1. The maximum atomic E-state index is 13.6. The van der Waals surface area contributed by atoms with Crippen LogP contribution in [0.4, 0.5) is 21.6 Å². The minimum atomic E-state index is -0.209. The first kappa shape index (κ1) is 15.0. The summed E-state index contributed by atoms with van der Waals surface area (Å²) in [6.07, 6.45) is 2.08. The molecule has 3 rings (SSSR count). The number of nitrogen functional groups attached to an aromatic ring is 1. The molecule has 1 aromatic heterocycles. The number of anilines is 3. The van der Waals surface area contributed by atoms with Gasteiger partial charge in [0.25, 0.3) is 0 Å². The van der Waals surface area contributed by atoms with Crippen LogP contribution in [0.3, 0.4) is 0 Å². The Hall–Kier alpha value is -2.89. The first-order valence-electron chi connectivity index (χ1n) is 7.26. The van der Waals surface area contributed by atoms with Crippen LogP contribution < -0.4 is 15.8 Å². The second-order valence-electron chi connectivity index (χ2n) is 5.12. The third-order valence-corrected chi connectivity index (χ3v) is 3.68. The molecule has 5 nitrogen and oxygen atoms in total. The molecule has 6 heteroatoms. The maximum Gasteiger partial charge on any atom is 0.143 e. The van der Waals surface area contributed by atoms with Gasteiger partial charge in [0, 0.05) is 17.1 Å². The number of methoxy groups -OCH3 is 1. The molecule has 0 unspecified atom stereocenters. The van der Waals surface area contributed by atoms with E-state index in [1.54, 1.807) is 31.4 Å². The third-order valence-electron chi connectivity index (χ3n) is 3.68. The van der Waals surface area contributed by atoms with Crippen molar-refractivity contribution in [1.82, 2.24) is 9.97 Å². The predicted octanol–water partition coefficient (Wildman–Crippen LogP) is 3.67. The predicted molar refractivity (Wildman–Crippen MR) is 89.6 cm³/mol. The van der Waals surface area contributed by atoms with Gasteiger partial charge < -0.3 is 15.8 Å². The van der Waals surface area contributed by atoms with Crippen LogP contribution in [0.2, 0.25) is 0 Å². The van der Waals surface area contributed by atoms with Crippen molar-refractivity contribution < 1.29 is 9.13 Å². The number of nitrogens with zero attached hydrogens (tertiary/aromatic N) is 2. The quantitative estimate of drug-likeness (QED) is 0.719. The zero-order valence-electron chi connectivity index (χ0n) is 12.9. The highest BCUT2D eigenvalue weighted by Crippen LogP contribution is 2.31. The number of benzene rings is 2. The molecular formula is C17H17FN4O. The van der Waals surface area contributed by atoms with Crippen molar-refractivity contribution in [1.29, 1.82) is 0 Å². The number of nitrogens with two attached hydrogens (primary N) is 1. The lowest BCUT2D eigenvalue weighted by Gasteiger charge is -2.11. The fraction of sp³-hybridized carbons (Fsp3) is 0.176. The number of halogens is 1. The van der Waals surface area contributed by atoms with Gasteiger partial charge in [-0.1, -0.05) is 6.92 Å².